The lowest BCUT2D eigenvalue weighted by Crippen LogP contribution is -2.02. The zero-order valence-electron chi connectivity index (χ0n) is 9.37. The van der Waals surface area contributed by atoms with Gasteiger partial charge >= 0.3 is 0 Å². The van der Waals surface area contributed by atoms with E-state index in [0.29, 0.717) is 5.95 Å². The molecule has 1 aromatic carbocycles. The maximum atomic E-state index is 5.84. The smallest absolute Gasteiger partial charge is 0.200 e. The molecule has 84 valence electrons. The summed E-state index contributed by atoms with van der Waals surface area (Å²) in [6.07, 6.45) is 0.823. The predicted octanol–water partition coefficient (Wildman–Crippen LogP) is 2.55. The number of anilines is 1. The van der Waals surface area contributed by atoms with Gasteiger partial charge in [-0.2, -0.15) is 0 Å². The highest BCUT2D eigenvalue weighted by Crippen LogP contribution is 2.17. The number of imidazole rings is 1. The maximum Gasteiger partial charge on any atom is 0.200 e. The first-order valence-corrected chi connectivity index (χ1v) is 5.48. The van der Waals surface area contributed by atoms with Gasteiger partial charge in [0.15, 0.2) is 5.95 Å². The Labute approximate surface area is 99.9 Å². The summed E-state index contributed by atoms with van der Waals surface area (Å²) in [7, 11) is 1.93. The molecule has 16 heavy (non-hydrogen) atoms. The average molecular weight is 236 g/mol. The predicted molar refractivity (Wildman–Crippen MR) is 66.6 cm³/mol. The molecule has 1 heterocycles. The Hall–Kier alpha value is -1.48. The zero-order chi connectivity index (χ0) is 11.7. The van der Waals surface area contributed by atoms with E-state index in [1.165, 1.54) is 5.56 Å². The highest BCUT2D eigenvalue weighted by molar-refractivity contribution is 6.30. The summed E-state index contributed by atoms with van der Waals surface area (Å²) in [4.78, 5) is 4.24. The van der Waals surface area contributed by atoms with Crippen molar-refractivity contribution >= 4 is 17.5 Å². The van der Waals surface area contributed by atoms with Crippen molar-refractivity contribution in [1.82, 2.24) is 9.55 Å². The third-order valence-electron chi connectivity index (χ3n) is 2.73. The van der Waals surface area contributed by atoms with Crippen LogP contribution >= 0.6 is 11.6 Å². The molecule has 2 aromatic rings. The van der Waals surface area contributed by atoms with Gasteiger partial charge in [0, 0.05) is 24.2 Å². The van der Waals surface area contributed by atoms with E-state index in [1.807, 2.05) is 42.8 Å². The maximum absolute atomic E-state index is 5.84. The number of nitrogens with zero attached hydrogens (tertiary/aromatic N) is 2. The van der Waals surface area contributed by atoms with Gasteiger partial charge in [0.2, 0.25) is 0 Å². The molecule has 0 aliphatic rings. The highest BCUT2D eigenvalue weighted by atomic mass is 35.5. The Bertz CT molecular complexity index is 500. The molecule has 2 rings (SSSR count). The van der Waals surface area contributed by atoms with Crippen LogP contribution in [0.3, 0.4) is 0 Å². The number of aryl methyl sites for hydroxylation is 1. The van der Waals surface area contributed by atoms with E-state index in [2.05, 4.69) is 4.98 Å². The number of benzene rings is 1. The van der Waals surface area contributed by atoms with Crippen LogP contribution < -0.4 is 5.73 Å². The Morgan fingerprint density at radius 1 is 1.31 bits per heavy atom. The molecule has 3 nitrogen and oxygen atoms in total. The quantitative estimate of drug-likeness (QED) is 0.870. The van der Waals surface area contributed by atoms with Crippen LogP contribution in [0.1, 0.15) is 17.0 Å². The SMILES string of the molecule is Cc1nc(N)n(C)c1Cc1ccc(Cl)cc1. The van der Waals surface area contributed by atoms with Gasteiger partial charge in [0.25, 0.3) is 0 Å². The number of hydrogen-bond acceptors (Lipinski definition) is 2. The molecule has 0 unspecified atom stereocenters. The van der Waals surface area contributed by atoms with Crippen LogP contribution in [0, 0.1) is 6.92 Å². The lowest BCUT2D eigenvalue weighted by molar-refractivity contribution is 0.853. The number of aromatic nitrogens is 2. The molecule has 2 N–H and O–H groups in total. The third-order valence-corrected chi connectivity index (χ3v) is 2.99. The summed E-state index contributed by atoms with van der Waals surface area (Å²) in [5, 5.41) is 0.755. The first-order chi connectivity index (χ1) is 7.58. The van der Waals surface area contributed by atoms with Gasteiger partial charge in [-0.3, -0.25) is 0 Å². The lowest BCUT2D eigenvalue weighted by Gasteiger charge is -2.05. The largest absolute Gasteiger partial charge is 0.369 e. The summed E-state index contributed by atoms with van der Waals surface area (Å²) < 4.78 is 1.92. The summed E-state index contributed by atoms with van der Waals surface area (Å²) in [6.45, 7) is 1.97. The van der Waals surface area contributed by atoms with Crippen LogP contribution in [-0.4, -0.2) is 9.55 Å². The van der Waals surface area contributed by atoms with Crippen LogP contribution in [0.4, 0.5) is 5.95 Å². The van der Waals surface area contributed by atoms with Gasteiger partial charge in [0.05, 0.1) is 5.69 Å². The van der Waals surface area contributed by atoms with Crippen LogP contribution in [0.5, 0.6) is 0 Å². The number of hydrogen-bond donors (Lipinski definition) is 1. The van der Waals surface area contributed by atoms with Crippen LogP contribution in [-0.2, 0) is 13.5 Å². The number of nitrogen functional groups attached to an aromatic ring is 1. The van der Waals surface area contributed by atoms with Gasteiger partial charge in [-0.15, -0.1) is 0 Å². The van der Waals surface area contributed by atoms with E-state index in [9.17, 15) is 0 Å². The third kappa shape index (κ3) is 2.04. The normalized spacial score (nSPS) is 10.7. The molecule has 1 aromatic heterocycles. The Morgan fingerprint density at radius 2 is 1.94 bits per heavy atom. The van der Waals surface area contributed by atoms with Gasteiger partial charge in [-0.05, 0) is 24.6 Å². The molecular formula is C12H14ClN3. The van der Waals surface area contributed by atoms with Gasteiger partial charge in [-0.1, -0.05) is 23.7 Å². The lowest BCUT2D eigenvalue weighted by atomic mass is 10.1. The van der Waals surface area contributed by atoms with Crippen LogP contribution in [0.25, 0.3) is 0 Å². The van der Waals surface area contributed by atoms with E-state index < -0.39 is 0 Å². The first-order valence-electron chi connectivity index (χ1n) is 5.10. The molecule has 0 aliphatic heterocycles. The fraction of sp³-hybridized carbons (Fsp3) is 0.250. The Kier molecular flexibility index (Phi) is 2.88. The summed E-state index contributed by atoms with van der Waals surface area (Å²) >= 11 is 5.84. The van der Waals surface area contributed by atoms with Gasteiger partial charge in [-0.25, -0.2) is 4.98 Å². The molecule has 0 amide bonds. The molecule has 0 fully saturated rings. The van der Waals surface area contributed by atoms with Crippen molar-refractivity contribution in [2.24, 2.45) is 7.05 Å². The zero-order valence-corrected chi connectivity index (χ0v) is 10.1. The minimum atomic E-state index is 0.557. The standard InChI is InChI=1S/C12H14ClN3/c1-8-11(16(2)12(14)15-8)7-9-3-5-10(13)6-4-9/h3-6H,7H2,1-2H3,(H2,14,15). The second-order valence-corrected chi connectivity index (χ2v) is 4.30. The minimum Gasteiger partial charge on any atom is -0.369 e. The molecule has 0 radical (unpaired) electrons. The van der Waals surface area contributed by atoms with E-state index in [0.717, 1.165) is 22.8 Å². The molecule has 0 aliphatic carbocycles. The second kappa shape index (κ2) is 4.18. The molecule has 0 atom stereocenters. The highest BCUT2D eigenvalue weighted by Gasteiger charge is 2.09. The Morgan fingerprint density at radius 3 is 2.44 bits per heavy atom. The first kappa shape index (κ1) is 11.0. The van der Waals surface area contributed by atoms with Crippen molar-refractivity contribution < 1.29 is 0 Å². The molecule has 0 bridgehead atoms. The van der Waals surface area contributed by atoms with E-state index in [1.54, 1.807) is 0 Å². The molecule has 0 saturated heterocycles. The van der Waals surface area contributed by atoms with Gasteiger partial charge < -0.3 is 10.3 Å². The monoisotopic (exact) mass is 235 g/mol. The van der Waals surface area contributed by atoms with E-state index >= 15 is 0 Å². The second-order valence-electron chi connectivity index (χ2n) is 3.86. The average Bonchev–Trinajstić information content (AvgIpc) is 2.48. The van der Waals surface area contributed by atoms with Crippen molar-refractivity contribution in [1.29, 1.82) is 0 Å². The summed E-state index contributed by atoms with van der Waals surface area (Å²) in [5.74, 6) is 0.557. The fourth-order valence-corrected chi connectivity index (χ4v) is 1.86. The van der Waals surface area contributed by atoms with Crippen molar-refractivity contribution in [3.63, 3.8) is 0 Å². The van der Waals surface area contributed by atoms with Crippen LogP contribution in [0.2, 0.25) is 5.02 Å². The molecular weight excluding hydrogens is 222 g/mol. The number of halogens is 1. The Balaban J connectivity index is 2.30. The minimum absolute atomic E-state index is 0.557. The number of nitrogens with two attached hydrogens (primary N) is 1. The van der Waals surface area contributed by atoms with Crippen molar-refractivity contribution in [2.45, 2.75) is 13.3 Å². The molecule has 0 saturated carbocycles. The van der Waals surface area contributed by atoms with Crippen molar-refractivity contribution in [3.8, 4) is 0 Å². The molecule has 0 spiro atoms. The van der Waals surface area contributed by atoms with Gasteiger partial charge in [0.1, 0.15) is 0 Å². The fourth-order valence-electron chi connectivity index (χ4n) is 1.73. The van der Waals surface area contributed by atoms with E-state index in [4.69, 9.17) is 17.3 Å². The topological polar surface area (TPSA) is 43.8 Å². The molecule has 4 heteroatoms. The van der Waals surface area contributed by atoms with Crippen molar-refractivity contribution in [2.75, 3.05) is 5.73 Å². The van der Waals surface area contributed by atoms with E-state index in [-0.39, 0.29) is 0 Å². The van der Waals surface area contributed by atoms with Crippen LogP contribution in [0.15, 0.2) is 24.3 Å². The summed E-state index contributed by atoms with van der Waals surface area (Å²) in [5.41, 5.74) is 9.07. The van der Waals surface area contributed by atoms with Crippen molar-refractivity contribution in [3.05, 3.63) is 46.2 Å². The summed E-state index contributed by atoms with van der Waals surface area (Å²) in [6, 6.07) is 7.83. The number of rotatable bonds is 2.